The summed E-state index contributed by atoms with van der Waals surface area (Å²) in [6.07, 6.45) is 1.69. The van der Waals surface area contributed by atoms with E-state index in [0.29, 0.717) is 12.3 Å². The van der Waals surface area contributed by atoms with E-state index in [0.717, 1.165) is 12.0 Å². The van der Waals surface area contributed by atoms with Crippen LogP contribution in [0, 0.1) is 0 Å². The van der Waals surface area contributed by atoms with Crippen LogP contribution in [0.2, 0.25) is 0 Å². The van der Waals surface area contributed by atoms with Crippen molar-refractivity contribution in [3.05, 3.63) is 71.8 Å². The Labute approximate surface area is 131 Å². The standard InChI is InChI=1S/C18H19NOS/c20-18(17(21)11-13-7-3-1-4-8-13)19-16-12-15(16)14-9-5-2-6-10-14/h1-10,15-17,21H,11-12H2,(H,19,20). The first-order valence-electron chi connectivity index (χ1n) is 7.31. The first-order chi connectivity index (χ1) is 10.2. The van der Waals surface area contributed by atoms with Crippen LogP contribution in [0.3, 0.4) is 0 Å². The van der Waals surface area contributed by atoms with E-state index in [9.17, 15) is 4.79 Å². The third kappa shape index (κ3) is 3.67. The Hall–Kier alpha value is -1.74. The van der Waals surface area contributed by atoms with E-state index in [1.807, 2.05) is 48.5 Å². The second-order valence-electron chi connectivity index (χ2n) is 5.57. The fourth-order valence-corrected chi connectivity index (χ4v) is 2.92. The molecule has 21 heavy (non-hydrogen) atoms. The molecule has 3 atom stereocenters. The van der Waals surface area contributed by atoms with E-state index in [4.69, 9.17) is 0 Å². The van der Waals surface area contributed by atoms with Crippen molar-refractivity contribution in [2.75, 3.05) is 0 Å². The van der Waals surface area contributed by atoms with Gasteiger partial charge in [-0.05, 0) is 24.0 Å². The summed E-state index contributed by atoms with van der Waals surface area (Å²) in [7, 11) is 0. The van der Waals surface area contributed by atoms with Gasteiger partial charge in [0.15, 0.2) is 0 Å². The molecule has 1 aliphatic carbocycles. The Morgan fingerprint density at radius 2 is 1.71 bits per heavy atom. The zero-order valence-electron chi connectivity index (χ0n) is 11.8. The van der Waals surface area contributed by atoms with E-state index >= 15 is 0 Å². The van der Waals surface area contributed by atoms with Gasteiger partial charge in [0.2, 0.25) is 5.91 Å². The molecule has 1 fully saturated rings. The van der Waals surface area contributed by atoms with Gasteiger partial charge in [-0.3, -0.25) is 4.79 Å². The fourth-order valence-electron chi connectivity index (χ4n) is 2.63. The molecule has 2 nitrogen and oxygen atoms in total. The van der Waals surface area contributed by atoms with Gasteiger partial charge >= 0.3 is 0 Å². The van der Waals surface area contributed by atoms with Crippen molar-refractivity contribution in [3.63, 3.8) is 0 Å². The second-order valence-corrected chi connectivity index (χ2v) is 6.20. The molecule has 0 aliphatic heterocycles. The summed E-state index contributed by atoms with van der Waals surface area (Å²) in [5.41, 5.74) is 2.45. The number of rotatable bonds is 5. The summed E-state index contributed by atoms with van der Waals surface area (Å²) in [4.78, 5) is 12.2. The van der Waals surface area contributed by atoms with Crippen LogP contribution >= 0.6 is 12.6 Å². The van der Waals surface area contributed by atoms with E-state index in [1.54, 1.807) is 0 Å². The lowest BCUT2D eigenvalue weighted by molar-refractivity contribution is -0.120. The zero-order valence-corrected chi connectivity index (χ0v) is 12.7. The monoisotopic (exact) mass is 297 g/mol. The van der Waals surface area contributed by atoms with Gasteiger partial charge in [-0.2, -0.15) is 12.6 Å². The lowest BCUT2D eigenvalue weighted by atomic mass is 10.1. The quantitative estimate of drug-likeness (QED) is 0.815. The predicted molar refractivity (Wildman–Crippen MR) is 88.7 cm³/mol. The number of carbonyl (C=O) groups is 1. The zero-order chi connectivity index (χ0) is 14.7. The van der Waals surface area contributed by atoms with E-state index in [2.05, 4.69) is 30.1 Å². The highest BCUT2D eigenvalue weighted by Crippen LogP contribution is 2.40. The van der Waals surface area contributed by atoms with Crippen molar-refractivity contribution in [2.45, 2.75) is 30.1 Å². The minimum Gasteiger partial charge on any atom is -0.352 e. The van der Waals surface area contributed by atoms with Gasteiger partial charge < -0.3 is 5.32 Å². The second kappa shape index (κ2) is 6.35. The number of amides is 1. The lowest BCUT2D eigenvalue weighted by Gasteiger charge is -2.11. The SMILES string of the molecule is O=C(NC1CC1c1ccccc1)C(S)Cc1ccccc1. The molecule has 0 spiro atoms. The molecule has 3 heteroatoms. The van der Waals surface area contributed by atoms with E-state index < -0.39 is 0 Å². The van der Waals surface area contributed by atoms with Crippen LogP contribution in [-0.2, 0) is 11.2 Å². The summed E-state index contributed by atoms with van der Waals surface area (Å²) in [5.74, 6) is 0.498. The number of nitrogens with one attached hydrogen (secondary N) is 1. The molecule has 108 valence electrons. The Balaban J connectivity index is 1.51. The minimum atomic E-state index is -0.288. The summed E-state index contributed by atoms with van der Waals surface area (Å²) >= 11 is 4.44. The topological polar surface area (TPSA) is 29.1 Å². The average Bonchev–Trinajstić information content (AvgIpc) is 3.28. The molecule has 3 unspecified atom stereocenters. The van der Waals surface area contributed by atoms with Gasteiger partial charge in [0.1, 0.15) is 0 Å². The average molecular weight is 297 g/mol. The van der Waals surface area contributed by atoms with Crippen molar-refractivity contribution in [1.82, 2.24) is 5.32 Å². The highest BCUT2D eigenvalue weighted by Gasteiger charge is 2.39. The van der Waals surface area contributed by atoms with Crippen LogP contribution < -0.4 is 5.32 Å². The maximum absolute atomic E-state index is 12.2. The molecule has 0 bridgehead atoms. The maximum Gasteiger partial charge on any atom is 0.233 e. The predicted octanol–water partition coefficient (Wildman–Crippen LogP) is 3.20. The van der Waals surface area contributed by atoms with Crippen LogP contribution in [-0.4, -0.2) is 17.2 Å². The largest absolute Gasteiger partial charge is 0.352 e. The van der Waals surface area contributed by atoms with Crippen molar-refractivity contribution in [1.29, 1.82) is 0 Å². The molecular formula is C18H19NOS. The van der Waals surface area contributed by atoms with Gasteiger partial charge in [0, 0.05) is 12.0 Å². The summed E-state index contributed by atoms with van der Waals surface area (Å²) < 4.78 is 0. The van der Waals surface area contributed by atoms with Gasteiger partial charge in [0.25, 0.3) is 0 Å². The molecule has 1 aliphatic rings. The third-order valence-corrected chi connectivity index (χ3v) is 4.34. The highest BCUT2D eigenvalue weighted by molar-refractivity contribution is 7.81. The number of benzene rings is 2. The molecule has 0 saturated heterocycles. The first kappa shape index (κ1) is 14.2. The van der Waals surface area contributed by atoms with Crippen LogP contribution in [0.5, 0.6) is 0 Å². The fraction of sp³-hybridized carbons (Fsp3) is 0.278. The van der Waals surface area contributed by atoms with Gasteiger partial charge in [-0.15, -0.1) is 0 Å². The maximum atomic E-state index is 12.2. The Bertz CT molecular complexity index is 599. The van der Waals surface area contributed by atoms with Crippen LogP contribution in [0.4, 0.5) is 0 Å². The third-order valence-electron chi connectivity index (χ3n) is 3.92. The molecule has 0 aromatic heterocycles. The van der Waals surface area contributed by atoms with Gasteiger partial charge in [0.05, 0.1) is 5.25 Å². The molecule has 1 N–H and O–H groups in total. The molecule has 2 aromatic rings. The summed E-state index contributed by atoms with van der Waals surface area (Å²) in [6.45, 7) is 0. The number of thiol groups is 1. The van der Waals surface area contributed by atoms with Gasteiger partial charge in [-0.25, -0.2) is 0 Å². The molecule has 1 saturated carbocycles. The van der Waals surface area contributed by atoms with Crippen molar-refractivity contribution < 1.29 is 4.79 Å². The molecule has 1 amide bonds. The highest BCUT2D eigenvalue weighted by atomic mass is 32.1. The van der Waals surface area contributed by atoms with Crippen LogP contribution in [0.15, 0.2) is 60.7 Å². The summed E-state index contributed by atoms with van der Waals surface area (Å²) in [6, 6.07) is 20.6. The molecular weight excluding hydrogens is 278 g/mol. The molecule has 2 aromatic carbocycles. The Kier molecular flexibility index (Phi) is 4.30. The molecule has 3 rings (SSSR count). The number of carbonyl (C=O) groups excluding carboxylic acids is 1. The van der Waals surface area contributed by atoms with Crippen LogP contribution in [0.1, 0.15) is 23.5 Å². The Morgan fingerprint density at radius 3 is 2.38 bits per heavy atom. The summed E-state index contributed by atoms with van der Waals surface area (Å²) in [5, 5.41) is 2.82. The Morgan fingerprint density at radius 1 is 1.10 bits per heavy atom. The minimum absolute atomic E-state index is 0.0330. The van der Waals surface area contributed by atoms with Gasteiger partial charge in [-0.1, -0.05) is 60.7 Å². The number of hydrogen-bond acceptors (Lipinski definition) is 2. The normalized spacial score (nSPS) is 21.6. The van der Waals surface area contributed by atoms with Crippen molar-refractivity contribution in [3.8, 4) is 0 Å². The smallest absolute Gasteiger partial charge is 0.233 e. The number of hydrogen-bond donors (Lipinski definition) is 2. The lowest BCUT2D eigenvalue weighted by Crippen LogP contribution is -2.34. The van der Waals surface area contributed by atoms with E-state index in [-0.39, 0.29) is 17.2 Å². The van der Waals surface area contributed by atoms with Crippen LogP contribution in [0.25, 0.3) is 0 Å². The molecule has 0 radical (unpaired) electrons. The first-order valence-corrected chi connectivity index (χ1v) is 7.83. The van der Waals surface area contributed by atoms with Crippen molar-refractivity contribution >= 4 is 18.5 Å². The van der Waals surface area contributed by atoms with Crippen molar-refractivity contribution in [2.24, 2.45) is 0 Å². The van der Waals surface area contributed by atoms with E-state index in [1.165, 1.54) is 5.56 Å². The molecule has 0 heterocycles.